The van der Waals surface area contributed by atoms with Crippen molar-refractivity contribution in [2.24, 2.45) is 0 Å². The highest BCUT2D eigenvalue weighted by Gasteiger charge is 2.16. The Hall–Kier alpha value is -1.37. The average Bonchev–Trinajstić information content (AvgIpc) is 2.38. The van der Waals surface area contributed by atoms with Gasteiger partial charge in [0.1, 0.15) is 10.3 Å². The molecule has 0 saturated carbocycles. The second-order valence-electron chi connectivity index (χ2n) is 4.44. The zero-order valence-corrected chi connectivity index (χ0v) is 12.2. The van der Waals surface area contributed by atoms with Gasteiger partial charge in [0.05, 0.1) is 0 Å². The molecule has 1 aromatic rings. The van der Waals surface area contributed by atoms with Crippen LogP contribution in [0.25, 0.3) is 0 Å². The summed E-state index contributed by atoms with van der Waals surface area (Å²) in [6, 6.07) is 2.12. The summed E-state index contributed by atoms with van der Waals surface area (Å²) in [5.74, 6) is -0.578. The molecule has 0 unspecified atom stereocenters. The van der Waals surface area contributed by atoms with Crippen molar-refractivity contribution in [3.8, 4) is 0 Å². The molecule has 0 aromatic carbocycles. The lowest BCUT2D eigenvalue weighted by molar-refractivity contribution is 0.0949. The average molecular weight is 317 g/mol. The van der Waals surface area contributed by atoms with E-state index in [1.807, 2.05) is 0 Å². The van der Waals surface area contributed by atoms with Gasteiger partial charge in [-0.05, 0) is 25.0 Å². The van der Waals surface area contributed by atoms with Crippen molar-refractivity contribution >= 4 is 35.1 Å². The number of halogens is 2. The summed E-state index contributed by atoms with van der Waals surface area (Å²) in [5, 5.41) is 4.21. The molecule has 1 aliphatic heterocycles. The lowest BCUT2D eigenvalue weighted by atomic mass is 10.2. The third-order valence-corrected chi connectivity index (χ3v) is 3.26. The Balaban J connectivity index is 1.91. The van der Waals surface area contributed by atoms with Crippen molar-refractivity contribution in [3.05, 3.63) is 28.0 Å². The molecule has 20 heavy (non-hydrogen) atoms. The molecule has 2 rings (SSSR count). The van der Waals surface area contributed by atoms with E-state index in [1.165, 1.54) is 12.1 Å². The van der Waals surface area contributed by atoms with E-state index in [2.05, 4.69) is 15.7 Å². The molecule has 1 aliphatic rings. The Morgan fingerprint density at radius 1 is 1.10 bits per heavy atom. The predicted octanol–water partition coefficient (Wildman–Crippen LogP) is 2.23. The van der Waals surface area contributed by atoms with Gasteiger partial charge in [-0.2, -0.15) is 0 Å². The van der Waals surface area contributed by atoms with Crippen LogP contribution in [0.15, 0.2) is 12.1 Å². The molecule has 3 amide bonds. The van der Waals surface area contributed by atoms with Crippen LogP contribution in [0.3, 0.4) is 0 Å². The number of aromatic nitrogens is 1. The fourth-order valence-electron chi connectivity index (χ4n) is 1.95. The van der Waals surface area contributed by atoms with E-state index in [0.717, 1.165) is 32.4 Å². The number of piperidine rings is 1. The van der Waals surface area contributed by atoms with E-state index in [-0.39, 0.29) is 15.9 Å². The molecule has 0 atom stereocenters. The summed E-state index contributed by atoms with van der Waals surface area (Å²) in [6.07, 6.45) is 3.22. The maximum atomic E-state index is 11.9. The normalized spacial score (nSPS) is 15.7. The van der Waals surface area contributed by atoms with Gasteiger partial charge in [-0.15, -0.1) is 0 Å². The largest absolute Gasteiger partial charge is 0.336 e. The second kappa shape index (κ2) is 6.88. The van der Waals surface area contributed by atoms with Crippen molar-refractivity contribution in [1.82, 2.24) is 20.7 Å². The molecule has 8 heteroatoms. The van der Waals surface area contributed by atoms with Crippen molar-refractivity contribution in [1.29, 1.82) is 0 Å². The molecule has 0 radical (unpaired) electrons. The van der Waals surface area contributed by atoms with E-state index in [9.17, 15) is 9.59 Å². The highest BCUT2D eigenvalue weighted by atomic mass is 35.5. The molecule has 1 fully saturated rings. The van der Waals surface area contributed by atoms with E-state index in [0.29, 0.717) is 0 Å². The molecule has 1 saturated heterocycles. The van der Waals surface area contributed by atoms with Crippen molar-refractivity contribution in [2.75, 3.05) is 13.1 Å². The standard InChI is InChI=1S/C12H14Cl2N4O2/c13-9-6-8(7-10(14)15-9)11(19)16-12(20)17-18-4-2-1-3-5-18/h6-7H,1-5H2,(H2,16,17,19,20). The molecule has 2 N–H and O–H groups in total. The van der Waals surface area contributed by atoms with E-state index in [4.69, 9.17) is 23.2 Å². The first kappa shape index (κ1) is 15.0. The van der Waals surface area contributed by atoms with Crippen molar-refractivity contribution in [2.45, 2.75) is 19.3 Å². The Morgan fingerprint density at radius 2 is 1.70 bits per heavy atom. The number of imide groups is 1. The molecule has 0 bridgehead atoms. The Morgan fingerprint density at radius 3 is 2.30 bits per heavy atom. The van der Waals surface area contributed by atoms with Crippen LogP contribution in [0, 0.1) is 0 Å². The number of urea groups is 1. The zero-order valence-electron chi connectivity index (χ0n) is 10.7. The fraction of sp³-hybridized carbons (Fsp3) is 0.417. The maximum Gasteiger partial charge on any atom is 0.336 e. The first-order chi connectivity index (χ1) is 9.54. The van der Waals surface area contributed by atoms with E-state index in [1.54, 1.807) is 5.01 Å². The number of carbonyl (C=O) groups excluding carboxylic acids is 2. The Bertz CT molecular complexity index is 498. The predicted molar refractivity (Wildman–Crippen MR) is 75.7 cm³/mol. The van der Waals surface area contributed by atoms with Crippen LogP contribution in [0.5, 0.6) is 0 Å². The number of amides is 3. The molecule has 0 spiro atoms. The Kier molecular flexibility index (Phi) is 5.17. The lowest BCUT2D eigenvalue weighted by Crippen LogP contribution is -2.50. The van der Waals surface area contributed by atoms with Crippen molar-refractivity contribution < 1.29 is 9.59 Å². The third-order valence-electron chi connectivity index (χ3n) is 2.87. The summed E-state index contributed by atoms with van der Waals surface area (Å²) >= 11 is 11.4. The molecular weight excluding hydrogens is 303 g/mol. The van der Waals surface area contributed by atoms with Gasteiger partial charge in [0, 0.05) is 18.7 Å². The summed E-state index contributed by atoms with van der Waals surface area (Å²) < 4.78 is 0. The maximum absolute atomic E-state index is 11.9. The number of carbonyl (C=O) groups is 2. The lowest BCUT2D eigenvalue weighted by Gasteiger charge is -2.26. The van der Waals surface area contributed by atoms with Gasteiger partial charge in [-0.1, -0.05) is 29.6 Å². The van der Waals surface area contributed by atoms with E-state index >= 15 is 0 Å². The highest BCUT2D eigenvalue weighted by molar-refractivity contribution is 6.33. The molecule has 0 aliphatic carbocycles. The van der Waals surface area contributed by atoms with Crippen LogP contribution in [-0.4, -0.2) is 35.0 Å². The fourth-order valence-corrected chi connectivity index (χ4v) is 2.41. The smallest absolute Gasteiger partial charge is 0.273 e. The van der Waals surface area contributed by atoms with E-state index < -0.39 is 11.9 Å². The van der Waals surface area contributed by atoms with Crippen LogP contribution in [-0.2, 0) is 0 Å². The first-order valence-corrected chi connectivity index (χ1v) is 7.00. The molecule has 2 heterocycles. The van der Waals surface area contributed by atoms with Crippen molar-refractivity contribution in [3.63, 3.8) is 0 Å². The molecule has 6 nitrogen and oxygen atoms in total. The van der Waals surface area contributed by atoms with Gasteiger partial charge >= 0.3 is 6.03 Å². The first-order valence-electron chi connectivity index (χ1n) is 6.24. The van der Waals surface area contributed by atoms with Gasteiger partial charge in [0.2, 0.25) is 0 Å². The van der Waals surface area contributed by atoms with Crippen LogP contribution in [0.2, 0.25) is 10.3 Å². The minimum Gasteiger partial charge on any atom is -0.273 e. The molecule has 1 aromatic heterocycles. The number of hydrogen-bond acceptors (Lipinski definition) is 4. The van der Waals surface area contributed by atoms with Gasteiger partial charge in [-0.25, -0.2) is 14.8 Å². The van der Waals surface area contributed by atoms with Gasteiger partial charge in [0.25, 0.3) is 5.91 Å². The summed E-state index contributed by atoms with van der Waals surface area (Å²) in [4.78, 5) is 27.3. The van der Waals surface area contributed by atoms with Crippen LogP contribution < -0.4 is 10.7 Å². The summed E-state index contributed by atoms with van der Waals surface area (Å²) in [7, 11) is 0. The number of rotatable bonds is 2. The highest BCUT2D eigenvalue weighted by Crippen LogP contribution is 2.14. The van der Waals surface area contributed by atoms with Crippen LogP contribution in [0.1, 0.15) is 29.6 Å². The molecular formula is C12H14Cl2N4O2. The summed E-state index contributed by atoms with van der Waals surface area (Å²) in [6.45, 7) is 1.57. The minimum atomic E-state index is -0.578. The Labute approximate surface area is 126 Å². The minimum absolute atomic E-state index is 0.0964. The number of nitrogens with one attached hydrogen (secondary N) is 2. The topological polar surface area (TPSA) is 74.3 Å². The molecule has 108 valence electrons. The zero-order chi connectivity index (χ0) is 14.5. The number of hydrogen-bond donors (Lipinski definition) is 2. The SMILES string of the molecule is O=C(NC(=O)c1cc(Cl)nc(Cl)c1)NN1CCCCC1. The van der Waals surface area contributed by atoms with Gasteiger partial charge in [-0.3, -0.25) is 15.5 Å². The second-order valence-corrected chi connectivity index (χ2v) is 5.22. The number of pyridine rings is 1. The number of hydrazine groups is 1. The monoisotopic (exact) mass is 316 g/mol. The van der Waals surface area contributed by atoms with Gasteiger partial charge < -0.3 is 0 Å². The van der Waals surface area contributed by atoms with Crippen LogP contribution >= 0.6 is 23.2 Å². The van der Waals surface area contributed by atoms with Crippen LogP contribution in [0.4, 0.5) is 4.79 Å². The van der Waals surface area contributed by atoms with Gasteiger partial charge in [0.15, 0.2) is 0 Å². The third kappa shape index (κ3) is 4.33. The quantitative estimate of drug-likeness (QED) is 0.820. The summed E-state index contributed by atoms with van der Waals surface area (Å²) in [5.41, 5.74) is 2.81. The number of nitrogens with zero attached hydrogens (tertiary/aromatic N) is 2.